The summed E-state index contributed by atoms with van der Waals surface area (Å²) < 4.78 is 25.4. The minimum atomic E-state index is -3.64. The number of Topliss-reactive ketones (excluding diaryl/α,β-unsaturated/α-hetero) is 1. The Labute approximate surface area is 148 Å². The van der Waals surface area contributed by atoms with Crippen molar-refractivity contribution in [2.45, 2.75) is 38.6 Å². The van der Waals surface area contributed by atoms with Gasteiger partial charge >= 0.3 is 0 Å². The van der Waals surface area contributed by atoms with Crippen LogP contribution in [0.1, 0.15) is 43.0 Å². The molecule has 2 bridgehead atoms. The first-order valence-corrected chi connectivity index (χ1v) is 10.5. The van der Waals surface area contributed by atoms with Crippen LogP contribution >= 0.6 is 0 Å². The molecule has 0 unspecified atom stereocenters. The van der Waals surface area contributed by atoms with Gasteiger partial charge in [-0.3, -0.25) is 13.9 Å². The Balaban J connectivity index is 1.74. The van der Waals surface area contributed by atoms with Crippen molar-refractivity contribution in [3.8, 4) is 0 Å². The molecule has 3 rings (SSSR count). The van der Waals surface area contributed by atoms with E-state index in [0.717, 1.165) is 23.4 Å². The molecule has 2 fully saturated rings. The van der Waals surface area contributed by atoms with E-state index < -0.39 is 10.0 Å². The van der Waals surface area contributed by atoms with Crippen molar-refractivity contribution in [3.05, 3.63) is 29.8 Å². The number of fused-ring (bicyclic) bond motifs is 2. The molecule has 0 heterocycles. The normalized spacial score (nSPS) is 25.0. The van der Waals surface area contributed by atoms with E-state index >= 15 is 0 Å². The van der Waals surface area contributed by atoms with Crippen molar-refractivity contribution in [3.63, 3.8) is 0 Å². The Morgan fingerprint density at radius 1 is 1.24 bits per heavy atom. The summed E-state index contributed by atoms with van der Waals surface area (Å²) in [7, 11) is -3.64. The van der Waals surface area contributed by atoms with Gasteiger partial charge in [-0.05, 0) is 50.2 Å². The molecule has 1 amide bonds. The van der Waals surface area contributed by atoms with Crippen LogP contribution < -0.4 is 9.62 Å². The zero-order valence-electron chi connectivity index (χ0n) is 14.6. The van der Waals surface area contributed by atoms with Crippen LogP contribution in [0.4, 0.5) is 5.69 Å². The van der Waals surface area contributed by atoms with Crippen molar-refractivity contribution in [2.75, 3.05) is 17.1 Å². The molecule has 0 aliphatic heterocycles. The Bertz CT molecular complexity index is 790. The fourth-order valence-electron chi connectivity index (χ4n) is 4.08. The molecule has 3 atom stereocenters. The fraction of sp³-hybridized carbons (Fsp3) is 0.556. The molecule has 7 heteroatoms. The predicted molar refractivity (Wildman–Crippen MR) is 96.0 cm³/mol. The molecule has 1 N–H and O–H groups in total. The monoisotopic (exact) mass is 364 g/mol. The molecule has 1 aromatic rings. The van der Waals surface area contributed by atoms with Gasteiger partial charge < -0.3 is 5.32 Å². The molecular formula is C18H24N2O4S. The van der Waals surface area contributed by atoms with E-state index in [9.17, 15) is 18.0 Å². The lowest BCUT2D eigenvalue weighted by atomic mass is 9.95. The molecule has 0 aromatic heterocycles. The SMILES string of the molecule is CC(=O)c1cccc(N(CC(=O)N[C@H]2C[C@@H]3CC[C@H]2C3)S(C)(=O)=O)c1. The van der Waals surface area contributed by atoms with Crippen LogP contribution in [-0.4, -0.2) is 39.0 Å². The lowest BCUT2D eigenvalue weighted by molar-refractivity contribution is -0.120. The van der Waals surface area contributed by atoms with Crippen molar-refractivity contribution >= 4 is 27.4 Å². The van der Waals surface area contributed by atoms with Crippen LogP contribution in [0.25, 0.3) is 0 Å². The first-order valence-electron chi connectivity index (χ1n) is 8.62. The summed E-state index contributed by atoms with van der Waals surface area (Å²) in [5.41, 5.74) is 0.748. The van der Waals surface area contributed by atoms with Crippen LogP contribution in [0.15, 0.2) is 24.3 Å². The molecule has 1 aromatic carbocycles. The molecule has 0 saturated heterocycles. The average molecular weight is 364 g/mol. The van der Waals surface area contributed by atoms with Crippen LogP contribution in [0, 0.1) is 11.8 Å². The van der Waals surface area contributed by atoms with Gasteiger partial charge in [-0.2, -0.15) is 0 Å². The number of carbonyl (C=O) groups excluding carboxylic acids is 2. The molecule has 2 aliphatic carbocycles. The highest BCUT2D eigenvalue weighted by molar-refractivity contribution is 7.92. The molecule has 2 saturated carbocycles. The first kappa shape index (κ1) is 17.9. The number of hydrogen-bond donors (Lipinski definition) is 1. The maximum Gasteiger partial charge on any atom is 0.241 e. The number of hydrogen-bond acceptors (Lipinski definition) is 4. The number of nitrogens with zero attached hydrogens (tertiary/aromatic N) is 1. The maximum atomic E-state index is 12.4. The van der Waals surface area contributed by atoms with Gasteiger partial charge in [-0.25, -0.2) is 8.42 Å². The third-order valence-electron chi connectivity index (χ3n) is 5.31. The highest BCUT2D eigenvalue weighted by Gasteiger charge is 2.40. The number of amides is 1. The third-order valence-corrected chi connectivity index (χ3v) is 6.45. The van der Waals surface area contributed by atoms with Gasteiger partial charge in [0.15, 0.2) is 5.78 Å². The van der Waals surface area contributed by atoms with Crippen molar-refractivity contribution < 1.29 is 18.0 Å². The minimum Gasteiger partial charge on any atom is -0.352 e. The number of sulfonamides is 1. The van der Waals surface area contributed by atoms with Crippen LogP contribution in [0.2, 0.25) is 0 Å². The average Bonchev–Trinajstić information content (AvgIpc) is 3.14. The van der Waals surface area contributed by atoms with Crippen molar-refractivity contribution in [2.24, 2.45) is 11.8 Å². The maximum absolute atomic E-state index is 12.4. The Morgan fingerprint density at radius 2 is 2.00 bits per heavy atom. The Kier molecular flexibility index (Phi) is 4.86. The topological polar surface area (TPSA) is 83.6 Å². The van der Waals surface area contributed by atoms with E-state index in [0.29, 0.717) is 23.1 Å². The highest BCUT2D eigenvalue weighted by Crippen LogP contribution is 2.44. The number of carbonyl (C=O) groups is 2. The van der Waals surface area contributed by atoms with Gasteiger partial charge in [0.25, 0.3) is 0 Å². The molecule has 136 valence electrons. The van der Waals surface area contributed by atoms with E-state index in [4.69, 9.17) is 0 Å². The number of nitrogens with one attached hydrogen (secondary N) is 1. The molecule has 2 aliphatic rings. The highest BCUT2D eigenvalue weighted by atomic mass is 32.2. The van der Waals surface area contributed by atoms with E-state index in [1.54, 1.807) is 18.2 Å². The molecular weight excluding hydrogens is 340 g/mol. The van der Waals surface area contributed by atoms with Gasteiger partial charge in [-0.1, -0.05) is 18.6 Å². The molecule has 6 nitrogen and oxygen atoms in total. The van der Waals surface area contributed by atoms with Gasteiger partial charge in [0.1, 0.15) is 6.54 Å². The summed E-state index contributed by atoms with van der Waals surface area (Å²) >= 11 is 0. The van der Waals surface area contributed by atoms with Gasteiger partial charge in [0.2, 0.25) is 15.9 Å². The smallest absolute Gasteiger partial charge is 0.241 e. The second-order valence-corrected chi connectivity index (χ2v) is 9.13. The van der Waals surface area contributed by atoms with Crippen LogP contribution in [-0.2, 0) is 14.8 Å². The largest absolute Gasteiger partial charge is 0.352 e. The third kappa shape index (κ3) is 4.03. The molecule has 0 spiro atoms. The number of anilines is 1. The van der Waals surface area contributed by atoms with E-state index in [2.05, 4.69) is 5.32 Å². The van der Waals surface area contributed by atoms with Crippen molar-refractivity contribution in [1.29, 1.82) is 0 Å². The summed E-state index contributed by atoms with van der Waals surface area (Å²) in [5, 5.41) is 3.01. The second-order valence-electron chi connectivity index (χ2n) is 7.23. The van der Waals surface area contributed by atoms with Crippen LogP contribution in [0.5, 0.6) is 0 Å². The summed E-state index contributed by atoms with van der Waals surface area (Å²) in [5.74, 6) is 0.785. The standard InChI is InChI=1S/C18H24N2O4S/c1-12(21)14-4-3-5-16(10-14)20(25(2,23)24)11-18(22)19-17-9-13-6-7-15(17)8-13/h3-5,10,13,15,17H,6-9,11H2,1-2H3,(H,19,22)/t13-,15+,17+/m1/s1. The van der Waals surface area contributed by atoms with E-state index in [1.165, 1.54) is 25.8 Å². The molecule has 0 radical (unpaired) electrons. The second kappa shape index (κ2) is 6.78. The Hall–Kier alpha value is -1.89. The number of rotatable bonds is 6. The van der Waals surface area contributed by atoms with Crippen molar-refractivity contribution in [1.82, 2.24) is 5.32 Å². The van der Waals surface area contributed by atoms with E-state index in [1.807, 2.05) is 0 Å². The zero-order chi connectivity index (χ0) is 18.2. The summed E-state index contributed by atoms with van der Waals surface area (Å²) in [6, 6.07) is 6.52. The summed E-state index contributed by atoms with van der Waals surface area (Å²) in [6.45, 7) is 1.15. The quantitative estimate of drug-likeness (QED) is 0.782. The lowest BCUT2D eigenvalue weighted by Gasteiger charge is -2.26. The van der Waals surface area contributed by atoms with Crippen LogP contribution in [0.3, 0.4) is 0 Å². The minimum absolute atomic E-state index is 0.151. The van der Waals surface area contributed by atoms with Gasteiger partial charge in [-0.15, -0.1) is 0 Å². The Morgan fingerprint density at radius 3 is 2.56 bits per heavy atom. The van der Waals surface area contributed by atoms with E-state index in [-0.39, 0.29) is 24.3 Å². The number of ketones is 1. The number of benzene rings is 1. The lowest BCUT2D eigenvalue weighted by Crippen LogP contribution is -2.45. The summed E-state index contributed by atoms with van der Waals surface area (Å²) in [4.78, 5) is 24.0. The fourth-order valence-corrected chi connectivity index (χ4v) is 4.93. The zero-order valence-corrected chi connectivity index (χ0v) is 15.4. The predicted octanol–water partition coefficient (Wildman–Crippen LogP) is 1.96. The van der Waals surface area contributed by atoms with Gasteiger partial charge in [0, 0.05) is 11.6 Å². The first-order chi connectivity index (χ1) is 11.7. The molecule has 25 heavy (non-hydrogen) atoms. The summed E-state index contributed by atoms with van der Waals surface area (Å²) in [6.07, 6.45) is 5.62. The van der Waals surface area contributed by atoms with Gasteiger partial charge in [0.05, 0.1) is 11.9 Å².